The molecule has 2 bridgehead atoms. The standard InChI is InChI=1S/C21H32FN3O.ClH/c1-24(2)10-11-25(14-15-6-8-19(22)9-7-15)21(26)18-12-16-4-3-5-17(13-18)20(16)23;/h6-9,16-18,20H,3-5,10-14,23H2,1-2H3;1H. The van der Waals surface area contributed by atoms with Crippen molar-refractivity contribution in [1.82, 2.24) is 9.80 Å². The zero-order chi connectivity index (χ0) is 18.7. The van der Waals surface area contributed by atoms with Gasteiger partial charge in [0.1, 0.15) is 5.82 Å². The Morgan fingerprint density at radius 3 is 2.26 bits per heavy atom. The van der Waals surface area contributed by atoms with Gasteiger partial charge in [0.2, 0.25) is 5.91 Å². The van der Waals surface area contributed by atoms with Crippen molar-refractivity contribution in [2.45, 2.75) is 44.7 Å². The van der Waals surface area contributed by atoms with E-state index in [0.717, 1.165) is 37.8 Å². The van der Waals surface area contributed by atoms with Crippen molar-refractivity contribution >= 4 is 18.3 Å². The molecule has 0 heterocycles. The summed E-state index contributed by atoms with van der Waals surface area (Å²) in [5.41, 5.74) is 7.37. The molecule has 0 saturated heterocycles. The average molecular weight is 398 g/mol. The van der Waals surface area contributed by atoms with Crippen LogP contribution in [0.25, 0.3) is 0 Å². The van der Waals surface area contributed by atoms with Crippen LogP contribution in [0.15, 0.2) is 24.3 Å². The van der Waals surface area contributed by atoms with E-state index in [1.807, 2.05) is 19.0 Å². The predicted octanol–water partition coefficient (Wildman–Crippen LogP) is 3.29. The number of halogens is 2. The molecule has 0 aliphatic heterocycles. The van der Waals surface area contributed by atoms with Crippen LogP contribution in [0.1, 0.15) is 37.7 Å². The molecule has 0 radical (unpaired) electrons. The molecular formula is C21H33ClFN3O. The van der Waals surface area contributed by atoms with Crippen molar-refractivity contribution < 1.29 is 9.18 Å². The van der Waals surface area contributed by atoms with E-state index in [1.165, 1.54) is 18.6 Å². The van der Waals surface area contributed by atoms with Crippen molar-refractivity contribution in [2.75, 3.05) is 27.2 Å². The van der Waals surface area contributed by atoms with Gasteiger partial charge in [0.05, 0.1) is 0 Å². The molecular weight excluding hydrogens is 365 g/mol. The fraction of sp³-hybridized carbons (Fsp3) is 0.667. The lowest BCUT2D eigenvalue weighted by Crippen LogP contribution is -2.50. The third-order valence-corrected chi connectivity index (χ3v) is 6.18. The van der Waals surface area contributed by atoms with Crippen LogP contribution in [0, 0.1) is 23.6 Å². The zero-order valence-electron chi connectivity index (χ0n) is 16.4. The van der Waals surface area contributed by atoms with Crippen LogP contribution in [-0.2, 0) is 11.3 Å². The highest BCUT2D eigenvalue weighted by molar-refractivity contribution is 5.85. The minimum Gasteiger partial charge on any atom is -0.337 e. The van der Waals surface area contributed by atoms with E-state index in [4.69, 9.17) is 5.73 Å². The first-order valence-corrected chi connectivity index (χ1v) is 9.87. The van der Waals surface area contributed by atoms with Gasteiger partial charge in [-0.1, -0.05) is 18.6 Å². The van der Waals surface area contributed by atoms with Crippen molar-refractivity contribution in [3.05, 3.63) is 35.6 Å². The topological polar surface area (TPSA) is 49.6 Å². The summed E-state index contributed by atoms with van der Waals surface area (Å²) in [7, 11) is 4.04. The first kappa shape index (κ1) is 22.1. The second kappa shape index (κ2) is 9.85. The highest BCUT2D eigenvalue weighted by Crippen LogP contribution is 2.42. The van der Waals surface area contributed by atoms with E-state index in [2.05, 4.69) is 4.90 Å². The number of rotatable bonds is 6. The van der Waals surface area contributed by atoms with Gasteiger partial charge in [0, 0.05) is 31.6 Å². The maximum absolute atomic E-state index is 13.3. The molecule has 2 N–H and O–H groups in total. The summed E-state index contributed by atoms with van der Waals surface area (Å²) in [6.07, 6.45) is 5.44. The number of amides is 1. The molecule has 2 unspecified atom stereocenters. The number of hydrogen-bond donors (Lipinski definition) is 1. The quantitative estimate of drug-likeness (QED) is 0.801. The van der Waals surface area contributed by atoms with Gasteiger partial charge in [0.15, 0.2) is 0 Å². The van der Waals surface area contributed by atoms with E-state index in [0.29, 0.717) is 24.9 Å². The second-order valence-electron chi connectivity index (χ2n) is 8.39. The van der Waals surface area contributed by atoms with Crippen molar-refractivity contribution in [1.29, 1.82) is 0 Å². The van der Waals surface area contributed by atoms with Crippen molar-refractivity contribution in [3.8, 4) is 0 Å². The third kappa shape index (κ3) is 5.66. The SMILES string of the molecule is CN(C)CCN(Cc1ccc(F)cc1)C(=O)C1CC2CCCC(C1)C2N.Cl. The Morgan fingerprint density at radius 1 is 1.11 bits per heavy atom. The summed E-state index contributed by atoms with van der Waals surface area (Å²) in [4.78, 5) is 17.4. The minimum absolute atomic E-state index is 0. The molecule has 27 heavy (non-hydrogen) atoms. The largest absolute Gasteiger partial charge is 0.337 e. The van der Waals surface area contributed by atoms with Gasteiger partial charge in [-0.25, -0.2) is 4.39 Å². The van der Waals surface area contributed by atoms with Crippen LogP contribution in [0.5, 0.6) is 0 Å². The molecule has 2 fully saturated rings. The van der Waals surface area contributed by atoms with Gasteiger partial charge in [0.25, 0.3) is 0 Å². The molecule has 0 spiro atoms. The number of fused-ring (bicyclic) bond motifs is 2. The van der Waals surface area contributed by atoms with Gasteiger partial charge in [-0.05, 0) is 69.3 Å². The minimum atomic E-state index is -0.242. The molecule has 2 atom stereocenters. The van der Waals surface area contributed by atoms with Gasteiger partial charge in [-0.15, -0.1) is 12.4 Å². The molecule has 6 heteroatoms. The highest BCUT2D eigenvalue weighted by Gasteiger charge is 2.41. The lowest BCUT2D eigenvalue weighted by atomic mass is 9.65. The van der Waals surface area contributed by atoms with E-state index < -0.39 is 0 Å². The highest BCUT2D eigenvalue weighted by atomic mass is 35.5. The summed E-state index contributed by atoms with van der Waals surface area (Å²) in [6.45, 7) is 2.07. The summed E-state index contributed by atoms with van der Waals surface area (Å²) >= 11 is 0. The fourth-order valence-electron chi connectivity index (χ4n) is 4.65. The molecule has 0 aromatic heterocycles. The summed E-state index contributed by atoms with van der Waals surface area (Å²) in [6, 6.07) is 6.76. The molecule has 2 aliphatic rings. The first-order valence-electron chi connectivity index (χ1n) is 9.87. The van der Waals surface area contributed by atoms with Crippen LogP contribution in [0.2, 0.25) is 0 Å². The molecule has 4 nitrogen and oxygen atoms in total. The van der Waals surface area contributed by atoms with Crippen LogP contribution in [0.3, 0.4) is 0 Å². The number of benzene rings is 1. The summed E-state index contributed by atoms with van der Waals surface area (Å²) in [5, 5.41) is 0. The molecule has 1 aromatic rings. The van der Waals surface area contributed by atoms with E-state index >= 15 is 0 Å². The fourth-order valence-corrected chi connectivity index (χ4v) is 4.65. The van der Waals surface area contributed by atoms with E-state index in [9.17, 15) is 9.18 Å². The maximum Gasteiger partial charge on any atom is 0.226 e. The summed E-state index contributed by atoms with van der Waals surface area (Å²) < 4.78 is 13.2. The molecule has 2 aliphatic carbocycles. The Hall–Kier alpha value is -1.17. The predicted molar refractivity (Wildman–Crippen MR) is 109 cm³/mol. The van der Waals surface area contributed by atoms with Crippen LogP contribution < -0.4 is 5.73 Å². The van der Waals surface area contributed by atoms with Gasteiger partial charge in [-0.2, -0.15) is 0 Å². The Balaban J connectivity index is 0.00000261. The zero-order valence-corrected chi connectivity index (χ0v) is 17.3. The van der Waals surface area contributed by atoms with Crippen molar-refractivity contribution in [3.63, 3.8) is 0 Å². The van der Waals surface area contributed by atoms with Crippen LogP contribution in [0.4, 0.5) is 4.39 Å². The Bertz CT molecular complexity index is 596. The van der Waals surface area contributed by atoms with Crippen molar-refractivity contribution in [2.24, 2.45) is 23.5 Å². The molecule has 1 aromatic carbocycles. The lowest BCUT2D eigenvalue weighted by Gasteiger charge is -2.44. The number of carbonyl (C=O) groups excluding carboxylic acids is 1. The normalized spacial score (nSPS) is 27.1. The Kier molecular flexibility index (Phi) is 8.07. The lowest BCUT2D eigenvalue weighted by molar-refractivity contribution is -0.139. The number of nitrogens with zero attached hydrogens (tertiary/aromatic N) is 2. The van der Waals surface area contributed by atoms with Gasteiger partial charge < -0.3 is 15.5 Å². The average Bonchev–Trinajstić information content (AvgIpc) is 2.59. The smallest absolute Gasteiger partial charge is 0.226 e. The molecule has 3 rings (SSSR count). The summed E-state index contributed by atoms with van der Waals surface area (Å²) in [5.74, 6) is 1.10. The molecule has 1 amide bonds. The number of nitrogens with two attached hydrogens (primary N) is 1. The Morgan fingerprint density at radius 2 is 1.70 bits per heavy atom. The number of carbonyl (C=O) groups is 1. The van der Waals surface area contributed by atoms with Crippen LogP contribution in [-0.4, -0.2) is 48.9 Å². The van der Waals surface area contributed by atoms with E-state index in [-0.39, 0.29) is 36.1 Å². The number of hydrogen-bond acceptors (Lipinski definition) is 3. The maximum atomic E-state index is 13.3. The molecule has 152 valence electrons. The van der Waals surface area contributed by atoms with Gasteiger partial charge >= 0.3 is 0 Å². The molecule has 2 saturated carbocycles. The van der Waals surface area contributed by atoms with Crippen LogP contribution >= 0.6 is 12.4 Å². The second-order valence-corrected chi connectivity index (χ2v) is 8.39. The third-order valence-electron chi connectivity index (χ3n) is 6.18. The first-order chi connectivity index (χ1) is 12.4. The number of likely N-dealkylation sites (N-methyl/N-ethyl adjacent to an activating group) is 1. The van der Waals surface area contributed by atoms with E-state index in [1.54, 1.807) is 12.1 Å². The van der Waals surface area contributed by atoms with Gasteiger partial charge in [-0.3, -0.25) is 4.79 Å². The Labute approximate surface area is 168 Å². The monoisotopic (exact) mass is 397 g/mol.